The first-order valence-electron chi connectivity index (χ1n) is 13.2. The summed E-state index contributed by atoms with van der Waals surface area (Å²) in [5, 5.41) is 6.51. The molecular formula is C28H26ClF4N7O4. The number of alkyl halides is 3. The van der Waals surface area contributed by atoms with E-state index in [0.29, 0.717) is 38.5 Å². The van der Waals surface area contributed by atoms with Crippen LogP contribution in [0, 0.1) is 5.82 Å². The Labute approximate surface area is 252 Å². The van der Waals surface area contributed by atoms with Gasteiger partial charge >= 0.3 is 12.1 Å². The number of benzene rings is 1. The highest BCUT2D eigenvalue weighted by Crippen LogP contribution is 2.34. The lowest BCUT2D eigenvalue weighted by Crippen LogP contribution is -2.40. The van der Waals surface area contributed by atoms with Crippen LogP contribution in [0.25, 0.3) is 16.4 Å². The van der Waals surface area contributed by atoms with Crippen molar-refractivity contribution in [3.63, 3.8) is 0 Å². The normalized spacial score (nSPS) is 14.5. The number of pyridine rings is 2. The minimum absolute atomic E-state index is 0.0163. The molecule has 0 aliphatic carbocycles. The van der Waals surface area contributed by atoms with Gasteiger partial charge in [0.25, 0.3) is 5.56 Å². The number of halogens is 5. The summed E-state index contributed by atoms with van der Waals surface area (Å²) in [7, 11) is 1.11. The lowest BCUT2D eigenvalue weighted by Gasteiger charge is -2.27. The van der Waals surface area contributed by atoms with E-state index in [1.807, 2.05) is 4.90 Å². The molecule has 44 heavy (non-hydrogen) atoms. The fraction of sp³-hybridized carbons (Fsp3) is 0.286. The second-order valence-corrected chi connectivity index (χ2v) is 10.2. The molecule has 1 fully saturated rings. The van der Waals surface area contributed by atoms with Gasteiger partial charge in [-0.2, -0.15) is 18.3 Å². The number of nitrogens with zero attached hydrogens (tertiary/aromatic N) is 5. The van der Waals surface area contributed by atoms with Gasteiger partial charge in [-0.1, -0.05) is 18.2 Å². The van der Waals surface area contributed by atoms with E-state index in [1.54, 1.807) is 0 Å². The SMILES string of the molecule is C=C(N=Cc1c(N)n2nc(C(F)(F)F)cc2c2c1cc(C(=O)OC)c(=O)n2CCN1CCOCC1)Nc1ccc(F)c(Cl)c1. The van der Waals surface area contributed by atoms with Gasteiger partial charge in [-0.25, -0.2) is 18.7 Å². The summed E-state index contributed by atoms with van der Waals surface area (Å²) in [6, 6.07) is 5.85. The van der Waals surface area contributed by atoms with E-state index in [1.165, 1.54) is 29.0 Å². The van der Waals surface area contributed by atoms with Crippen LogP contribution < -0.4 is 16.6 Å². The molecule has 1 aromatic carbocycles. The Morgan fingerprint density at radius 2 is 1.98 bits per heavy atom. The second-order valence-electron chi connectivity index (χ2n) is 9.80. The fourth-order valence-corrected chi connectivity index (χ4v) is 5.04. The largest absolute Gasteiger partial charge is 0.465 e. The van der Waals surface area contributed by atoms with E-state index in [9.17, 15) is 27.2 Å². The summed E-state index contributed by atoms with van der Waals surface area (Å²) < 4.78 is 67.3. The van der Waals surface area contributed by atoms with E-state index in [4.69, 9.17) is 26.8 Å². The number of morpholine rings is 1. The van der Waals surface area contributed by atoms with Crippen molar-refractivity contribution < 1.29 is 31.8 Å². The number of hydrogen-bond donors (Lipinski definition) is 2. The maximum absolute atomic E-state index is 13.8. The Morgan fingerprint density at radius 3 is 2.64 bits per heavy atom. The Kier molecular flexibility index (Phi) is 8.63. The number of carbonyl (C=O) groups is 1. The van der Waals surface area contributed by atoms with E-state index >= 15 is 0 Å². The Balaban J connectivity index is 1.71. The number of carbonyl (C=O) groups excluding carboxylic acids is 1. The minimum Gasteiger partial charge on any atom is -0.465 e. The molecule has 1 saturated heterocycles. The number of fused-ring (bicyclic) bond motifs is 3. The smallest absolute Gasteiger partial charge is 0.435 e. The van der Waals surface area contributed by atoms with Gasteiger partial charge in [0, 0.05) is 49.0 Å². The molecule has 0 bridgehead atoms. The number of ether oxygens (including phenoxy) is 2. The van der Waals surface area contributed by atoms with Crippen molar-refractivity contribution in [3.05, 3.63) is 80.7 Å². The van der Waals surface area contributed by atoms with Crippen LogP contribution in [-0.2, 0) is 22.2 Å². The third kappa shape index (κ3) is 6.11. The van der Waals surface area contributed by atoms with Crippen molar-refractivity contribution in [2.75, 3.05) is 51.0 Å². The Bertz CT molecular complexity index is 1860. The Hall–Kier alpha value is -4.47. The van der Waals surface area contributed by atoms with Crippen molar-refractivity contribution in [2.45, 2.75) is 12.7 Å². The van der Waals surface area contributed by atoms with Gasteiger partial charge in [-0.3, -0.25) is 9.69 Å². The zero-order valence-corrected chi connectivity index (χ0v) is 24.0. The number of aliphatic imine (C=N–C) groups is 1. The fourth-order valence-electron chi connectivity index (χ4n) is 4.86. The lowest BCUT2D eigenvalue weighted by molar-refractivity contribution is -0.141. The van der Waals surface area contributed by atoms with Gasteiger partial charge in [0.1, 0.15) is 23.0 Å². The zero-order valence-electron chi connectivity index (χ0n) is 23.3. The number of anilines is 2. The molecule has 5 rings (SSSR count). The van der Waals surface area contributed by atoms with Crippen LogP contribution in [0.5, 0.6) is 0 Å². The third-order valence-electron chi connectivity index (χ3n) is 7.03. The number of nitrogen functional groups attached to an aromatic ring is 1. The monoisotopic (exact) mass is 635 g/mol. The molecule has 0 atom stereocenters. The summed E-state index contributed by atoms with van der Waals surface area (Å²) in [6.45, 7) is 6.29. The van der Waals surface area contributed by atoms with E-state index in [0.717, 1.165) is 23.8 Å². The quantitative estimate of drug-likeness (QED) is 0.168. The maximum Gasteiger partial charge on any atom is 0.435 e. The molecule has 0 spiro atoms. The number of nitrogens with two attached hydrogens (primary N) is 1. The zero-order chi connectivity index (χ0) is 31.8. The molecule has 0 radical (unpaired) electrons. The summed E-state index contributed by atoms with van der Waals surface area (Å²) in [4.78, 5) is 32.6. The predicted molar refractivity (Wildman–Crippen MR) is 157 cm³/mol. The first-order valence-corrected chi connectivity index (χ1v) is 13.6. The number of aromatic nitrogens is 3. The van der Waals surface area contributed by atoms with Crippen LogP contribution in [0.4, 0.5) is 29.1 Å². The van der Waals surface area contributed by atoms with Gasteiger partial charge in [-0.15, -0.1) is 0 Å². The molecule has 11 nitrogen and oxygen atoms in total. The van der Waals surface area contributed by atoms with Gasteiger partial charge in [0.05, 0.1) is 36.4 Å². The van der Waals surface area contributed by atoms with Crippen LogP contribution in [0.1, 0.15) is 21.6 Å². The van der Waals surface area contributed by atoms with Crippen molar-refractivity contribution in [1.82, 2.24) is 19.1 Å². The second kappa shape index (κ2) is 12.3. The molecule has 3 N–H and O–H groups in total. The molecule has 1 aliphatic heterocycles. The number of methoxy groups -OCH3 is 1. The van der Waals surface area contributed by atoms with Gasteiger partial charge < -0.3 is 25.1 Å². The van der Waals surface area contributed by atoms with Crippen LogP contribution in [0.2, 0.25) is 5.02 Å². The van der Waals surface area contributed by atoms with Crippen LogP contribution in [0.3, 0.4) is 0 Å². The van der Waals surface area contributed by atoms with Crippen LogP contribution >= 0.6 is 11.6 Å². The summed E-state index contributed by atoms with van der Waals surface area (Å²) in [5.74, 6) is -1.79. The van der Waals surface area contributed by atoms with E-state index < -0.39 is 29.2 Å². The number of rotatable bonds is 8. The predicted octanol–water partition coefficient (Wildman–Crippen LogP) is 4.16. The molecule has 0 amide bonds. The molecule has 4 aromatic rings. The first-order chi connectivity index (χ1) is 20.9. The van der Waals surface area contributed by atoms with Crippen molar-refractivity contribution >= 4 is 51.7 Å². The van der Waals surface area contributed by atoms with Crippen LogP contribution in [-0.4, -0.2) is 71.2 Å². The highest BCUT2D eigenvalue weighted by molar-refractivity contribution is 6.31. The first kappa shape index (κ1) is 31.0. The molecular weight excluding hydrogens is 610 g/mol. The van der Waals surface area contributed by atoms with E-state index in [-0.39, 0.29) is 50.8 Å². The third-order valence-corrected chi connectivity index (χ3v) is 7.32. The molecule has 0 saturated carbocycles. The lowest BCUT2D eigenvalue weighted by atomic mass is 10.1. The van der Waals surface area contributed by atoms with Gasteiger partial charge in [0.15, 0.2) is 5.69 Å². The summed E-state index contributed by atoms with van der Waals surface area (Å²) in [6.07, 6.45) is -3.61. The maximum atomic E-state index is 13.8. The number of nitrogens with one attached hydrogen (secondary N) is 1. The molecule has 3 aromatic heterocycles. The van der Waals surface area contributed by atoms with Gasteiger partial charge in [-0.05, 0) is 30.3 Å². The Morgan fingerprint density at radius 1 is 1.25 bits per heavy atom. The number of hydrogen-bond acceptors (Lipinski definition) is 9. The van der Waals surface area contributed by atoms with Crippen molar-refractivity contribution in [3.8, 4) is 0 Å². The topological polar surface area (TPSA) is 128 Å². The van der Waals surface area contributed by atoms with E-state index in [2.05, 4.69) is 22.0 Å². The van der Waals surface area contributed by atoms with Crippen molar-refractivity contribution in [1.29, 1.82) is 0 Å². The summed E-state index contributed by atoms with van der Waals surface area (Å²) in [5.41, 5.74) is 4.38. The minimum atomic E-state index is -4.82. The summed E-state index contributed by atoms with van der Waals surface area (Å²) >= 11 is 5.84. The molecule has 0 unspecified atom stereocenters. The van der Waals surface area contributed by atoms with Crippen LogP contribution in [0.15, 0.2) is 52.5 Å². The standard InChI is InChI=1S/C28H26ClF4N7O4/c1-15(36-16-3-4-21(30)20(29)11-16)35-14-19-17-12-18(27(42)43-2)26(41)39(6-5-38-7-9-44-10-8-38)24(17)22-13-23(28(31,32)33)37-40(22)25(19)34/h3-4,11-14,36H,1,5-10,34H2,2H3. The average Bonchev–Trinajstić information content (AvgIpc) is 3.45. The highest BCUT2D eigenvalue weighted by atomic mass is 35.5. The van der Waals surface area contributed by atoms with Gasteiger partial charge in [0.2, 0.25) is 0 Å². The molecule has 4 heterocycles. The average molecular weight is 636 g/mol. The highest BCUT2D eigenvalue weighted by Gasteiger charge is 2.35. The molecule has 1 aliphatic rings. The van der Waals surface area contributed by atoms with Crippen molar-refractivity contribution in [2.24, 2.45) is 4.99 Å². The molecule has 232 valence electrons. The number of esters is 1. The molecule has 16 heteroatoms.